The number of benzene rings is 1. The number of pyridine rings is 1. The van der Waals surface area contributed by atoms with E-state index < -0.39 is 11.6 Å². The fourth-order valence-electron chi connectivity index (χ4n) is 4.22. The third kappa shape index (κ3) is 4.22. The van der Waals surface area contributed by atoms with Crippen molar-refractivity contribution in [1.29, 1.82) is 0 Å². The lowest BCUT2D eigenvalue weighted by Crippen LogP contribution is -2.50. The third-order valence-corrected chi connectivity index (χ3v) is 5.89. The summed E-state index contributed by atoms with van der Waals surface area (Å²) in [5, 5.41) is 2.68. The first-order chi connectivity index (χ1) is 15.4. The molecule has 2 aliphatic heterocycles. The topological polar surface area (TPSA) is 83.9 Å². The molecule has 3 heterocycles. The van der Waals surface area contributed by atoms with Gasteiger partial charge in [-0.15, -0.1) is 0 Å². The van der Waals surface area contributed by atoms with Crippen molar-refractivity contribution in [2.24, 2.45) is 0 Å². The number of fused-ring (bicyclic) bond motifs is 1. The van der Waals surface area contributed by atoms with Gasteiger partial charge in [0.25, 0.3) is 11.5 Å². The maximum atomic E-state index is 14.1. The first kappa shape index (κ1) is 21.9. The van der Waals surface area contributed by atoms with Crippen LogP contribution in [0.5, 0.6) is 5.75 Å². The predicted molar refractivity (Wildman–Crippen MR) is 112 cm³/mol. The monoisotopic (exact) mass is 446 g/mol. The highest BCUT2D eigenvalue weighted by molar-refractivity contribution is 6.00. The van der Waals surface area contributed by atoms with Gasteiger partial charge in [-0.1, -0.05) is 6.07 Å². The van der Waals surface area contributed by atoms with Crippen molar-refractivity contribution in [3.05, 3.63) is 63.1 Å². The summed E-state index contributed by atoms with van der Waals surface area (Å²) in [4.78, 5) is 41.1. The summed E-state index contributed by atoms with van der Waals surface area (Å²) in [6.45, 7) is 1.71. The highest BCUT2D eigenvalue weighted by atomic mass is 19.1. The number of rotatable bonds is 4. The molecule has 1 aromatic heterocycles. The number of aromatic nitrogens is 1. The van der Waals surface area contributed by atoms with E-state index in [2.05, 4.69) is 5.32 Å². The number of nitrogens with zero attached hydrogens (tertiary/aromatic N) is 3. The van der Waals surface area contributed by atoms with E-state index in [0.29, 0.717) is 38.3 Å². The maximum Gasteiger partial charge on any atom is 0.259 e. The zero-order valence-corrected chi connectivity index (χ0v) is 17.7. The van der Waals surface area contributed by atoms with E-state index in [-0.39, 0.29) is 53.9 Å². The van der Waals surface area contributed by atoms with E-state index in [1.54, 1.807) is 0 Å². The SMILES string of the molecule is COc1cc(=O)n2c(c1C(=O)N1CCNC(=O)C1)CCN(Cc1c(F)cccc1F)CC2. The predicted octanol–water partition coefficient (Wildman–Crippen LogP) is 0.765. The van der Waals surface area contributed by atoms with E-state index in [4.69, 9.17) is 4.74 Å². The quantitative estimate of drug-likeness (QED) is 0.750. The number of carbonyl (C=O) groups is 2. The fraction of sp³-hybridized carbons (Fsp3) is 0.409. The van der Waals surface area contributed by atoms with Crippen molar-refractivity contribution in [3.63, 3.8) is 0 Å². The molecule has 1 aromatic carbocycles. The Morgan fingerprint density at radius 2 is 1.88 bits per heavy atom. The van der Waals surface area contributed by atoms with Gasteiger partial charge in [-0.25, -0.2) is 8.78 Å². The van der Waals surface area contributed by atoms with Gasteiger partial charge in [-0.05, 0) is 12.1 Å². The van der Waals surface area contributed by atoms with Crippen LogP contribution in [0.2, 0.25) is 0 Å². The highest BCUT2D eigenvalue weighted by Crippen LogP contribution is 2.25. The molecule has 8 nitrogen and oxygen atoms in total. The van der Waals surface area contributed by atoms with Crippen molar-refractivity contribution in [2.45, 2.75) is 19.5 Å². The Morgan fingerprint density at radius 3 is 2.56 bits per heavy atom. The molecule has 32 heavy (non-hydrogen) atoms. The van der Waals surface area contributed by atoms with Crippen molar-refractivity contribution in [2.75, 3.05) is 39.8 Å². The minimum absolute atomic E-state index is 0.0287. The lowest BCUT2D eigenvalue weighted by molar-refractivity contribution is -0.123. The van der Waals surface area contributed by atoms with Crippen LogP contribution in [0, 0.1) is 11.6 Å². The summed E-state index contributed by atoms with van der Waals surface area (Å²) in [6.07, 6.45) is 0.309. The number of methoxy groups -OCH3 is 1. The average Bonchev–Trinajstić information content (AvgIpc) is 2.99. The second-order valence-corrected chi connectivity index (χ2v) is 7.83. The fourth-order valence-corrected chi connectivity index (χ4v) is 4.22. The van der Waals surface area contributed by atoms with Crippen molar-refractivity contribution in [3.8, 4) is 5.75 Å². The van der Waals surface area contributed by atoms with Gasteiger partial charge in [0.2, 0.25) is 5.91 Å². The minimum Gasteiger partial charge on any atom is -0.496 e. The number of hydrogen-bond donors (Lipinski definition) is 1. The van der Waals surface area contributed by atoms with Crippen LogP contribution < -0.4 is 15.6 Å². The summed E-state index contributed by atoms with van der Waals surface area (Å²) in [5.74, 6) is -1.71. The Kier molecular flexibility index (Phi) is 6.22. The van der Waals surface area contributed by atoms with Crippen molar-refractivity contribution < 1.29 is 23.1 Å². The lowest BCUT2D eigenvalue weighted by atomic mass is 10.1. The molecular weight excluding hydrogens is 422 g/mol. The molecule has 0 unspecified atom stereocenters. The molecule has 4 rings (SSSR count). The summed E-state index contributed by atoms with van der Waals surface area (Å²) in [6, 6.07) is 5.02. The maximum absolute atomic E-state index is 14.1. The van der Waals surface area contributed by atoms with Crippen LogP contribution in [0.3, 0.4) is 0 Å². The number of ether oxygens (including phenoxy) is 1. The van der Waals surface area contributed by atoms with E-state index in [1.165, 1.54) is 40.8 Å². The van der Waals surface area contributed by atoms with Gasteiger partial charge < -0.3 is 19.5 Å². The summed E-state index contributed by atoms with van der Waals surface area (Å²) < 4.78 is 35.1. The molecule has 2 aliphatic rings. The highest BCUT2D eigenvalue weighted by Gasteiger charge is 2.30. The van der Waals surface area contributed by atoms with Crippen LogP contribution in [0.15, 0.2) is 29.1 Å². The zero-order chi connectivity index (χ0) is 22.8. The van der Waals surface area contributed by atoms with Crippen LogP contribution in [0.25, 0.3) is 0 Å². The normalized spacial score (nSPS) is 16.8. The van der Waals surface area contributed by atoms with Gasteiger partial charge in [-0.3, -0.25) is 19.3 Å². The van der Waals surface area contributed by atoms with E-state index >= 15 is 0 Å². The van der Waals surface area contributed by atoms with Crippen LogP contribution >= 0.6 is 0 Å². The van der Waals surface area contributed by atoms with Gasteiger partial charge in [0, 0.05) is 63.0 Å². The van der Waals surface area contributed by atoms with Crippen LogP contribution in [0.4, 0.5) is 8.78 Å². The van der Waals surface area contributed by atoms with E-state index in [9.17, 15) is 23.2 Å². The Balaban J connectivity index is 1.65. The Hall–Kier alpha value is -3.27. The molecule has 0 spiro atoms. The third-order valence-electron chi connectivity index (χ3n) is 5.89. The summed E-state index contributed by atoms with van der Waals surface area (Å²) in [7, 11) is 1.38. The number of carbonyl (C=O) groups excluding carboxylic acids is 2. The van der Waals surface area contributed by atoms with Crippen LogP contribution in [-0.4, -0.2) is 66.0 Å². The van der Waals surface area contributed by atoms with Crippen molar-refractivity contribution >= 4 is 11.8 Å². The van der Waals surface area contributed by atoms with Crippen LogP contribution in [0.1, 0.15) is 21.6 Å². The summed E-state index contributed by atoms with van der Waals surface area (Å²) in [5.41, 5.74) is 0.408. The zero-order valence-electron chi connectivity index (χ0n) is 17.7. The Bertz CT molecular complexity index is 1100. The lowest BCUT2D eigenvalue weighted by Gasteiger charge is -2.28. The smallest absolute Gasteiger partial charge is 0.259 e. The second-order valence-electron chi connectivity index (χ2n) is 7.83. The molecule has 0 bridgehead atoms. The number of nitrogens with one attached hydrogen (secondary N) is 1. The molecule has 2 aromatic rings. The number of amides is 2. The molecule has 0 aliphatic carbocycles. The molecule has 1 N–H and O–H groups in total. The molecular formula is C22H24F2N4O4. The van der Waals surface area contributed by atoms with Gasteiger partial charge in [-0.2, -0.15) is 0 Å². The van der Waals surface area contributed by atoms with Gasteiger partial charge >= 0.3 is 0 Å². The second kappa shape index (κ2) is 9.07. The van der Waals surface area contributed by atoms with E-state index in [0.717, 1.165) is 0 Å². The average molecular weight is 446 g/mol. The number of halogens is 2. The molecule has 1 saturated heterocycles. The largest absolute Gasteiger partial charge is 0.496 e. The van der Waals surface area contributed by atoms with Gasteiger partial charge in [0.05, 0.1) is 13.7 Å². The van der Waals surface area contributed by atoms with Crippen LogP contribution in [-0.2, 0) is 24.3 Å². The number of hydrogen-bond acceptors (Lipinski definition) is 5. The number of piperazine rings is 1. The molecule has 10 heteroatoms. The van der Waals surface area contributed by atoms with Gasteiger partial charge in [0.15, 0.2) is 0 Å². The van der Waals surface area contributed by atoms with Gasteiger partial charge in [0.1, 0.15) is 22.9 Å². The molecule has 0 atom stereocenters. The first-order valence-corrected chi connectivity index (χ1v) is 10.4. The molecule has 170 valence electrons. The standard InChI is InChI=1S/C22H24F2N4O4/c1-32-18-11-20(30)28-10-9-26(12-14-15(23)3-2-4-16(14)24)7-5-17(28)21(18)22(31)27-8-6-25-19(29)13-27/h2-4,11H,5-10,12-13H2,1H3,(H,25,29). The van der Waals surface area contributed by atoms with Crippen molar-refractivity contribution in [1.82, 2.24) is 19.7 Å². The Morgan fingerprint density at radius 1 is 1.12 bits per heavy atom. The molecule has 0 radical (unpaired) electrons. The molecule has 0 saturated carbocycles. The van der Waals surface area contributed by atoms with E-state index in [1.807, 2.05) is 4.90 Å². The first-order valence-electron chi connectivity index (χ1n) is 10.4. The minimum atomic E-state index is -0.621. The Labute approximate surface area is 183 Å². The summed E-state index contributed by atoms with van der Waals surface area (Å²) >= 11 is 0. The molecule has 1 fully saturated rings. The molecule has 2 amide bonds.